The summed E-state index contributed by atoms with van der Waals surface area (Å²) in [5, 5.41) is 11.0. The molecule has 0 saturated carbocycles. The highest BCUT2D eigenvalue weighted by molar-refractivity contribution is 6.01. The van der Waals surface area contributed by atoms with Crippen molar-refractivity contribution in [2.75, 3.05) is 20.6 Å². The molecule has 1 N–H and O–H groups in total. The number of carbonyl (C=O) groups is 1. The lowest BCUT2D eigenvalue weighted by molar-refractivity contribution is 0.0447. The number of ether oxygens (including phenoxy) is 4. The normalized spacial score (nSPS) is 26.5. The van der Waals surface area contributed by atoms with Crippen LogP contribution in [0.5, 0.6) is 23.0 Å². The van der Waals surface area contributed by atoms with Gasteiger partial charge in [0.2, 0.25) is 13.6 Å². The third kappa shape index (κ3) is 1.87. The van der Waals surface area contributed by atoms with Gasteiger partial charge in [0.25, 0.3) is 5.91 Å². The number of fused-ring (bicyclic) bond motifs is 8. The quantitative estimate of drug-likeness (QED) is 0.767. The first-order valence-corrected chi connectivity index (χ1v) is 8.93. The standard InChI is InChI=1S/C20H17NO6/c1-21-18-11-6-15-14(25-7-26-15)5-9(11)4-12(22)16(18)10-2-3-13-19(27-8-24-13)17(10)20(21)23/h2-3,5-6,12,16,18,22H,4,7-8H2,1H3/t12-,16+,18-/m0/s1. The van der Waals surface area contributed by atoms with E-state index >= 15 is 0 Å². The summed E-state index contributed by atoms with van der Waals surface area (Å²) < 4.78 is 22.0. The van der Waals surface area contributed by atoms with Gasteiger partial charge < -0.3 is 29.0 Å². The molecular formula is C20H17NO6. The molecule has 27 heavy (non-hydrogen) atoms. The zero-order valence-electron chi connectivity index (χ0n) is 14.6. The molecule has 0 unspecified atom stereocenters. The van der Waals surface area contributed by atoms with E-state index in [4.69, 9.17) is 18.9 Å². The third-order valence-electron chi connectivity index (χ3n) is 6.02. The lowest BCUT2D eigenvalue weighted by atomic mass is 9.70. The van der Waals surface area contributed by atoms with Crippen LogP contribution in [-0.2, 0) is 6.42 Å². The van der Waals surface area contributed by atoms with Crippen molar-refractivity contribution in [3.63, 3.8) is 0 Å². The Morgan fingerprint density at radius 1 is 1.00 bits per heavy atom. The van der Waals surface area contributed by atoms with Gasteiger partial charge in [-0.15, -0.1) is 0 Å². The Balaban J connectivity index is 1.57. The molecule has 0 bridgehead atoms. The van der Waals surface area contributed by atoms with Crippen molar-refractivity contribution < 1.29 is 28.8 Å². The Kier molecular flexibility index (Phi) is 2.85. The van der Waals surface area contributed by atoms with Crippen LogP contribution in [0.4, 0.5) is 0 Å². The summed E-state index contributed by atoms with van der Waals surface area (Å²) in [5.41, 5.74) is 3.28. The van der Waals surface area contributed by atoms with Crippen molar-refractivity contribution >= 4 is 5.91 Å². The van der Waals surface area contributed by atoms with Crippen LogP contribution in [0.1, 0.15) is 39.0 Å². The Bertz CT molecular complexity index is 1000. The fourth-order valence-corrected chi connectivity index (χ4v) is 4.82. The molecule has 0 radical (unpaired) electrons. The first-order chi connectivity index (χ1) is 13.1. The maximum atomic E-state index is 13.2. The number of carbonyl (C=O) groups excluding carboxylic acids is 1. The number of hydrogen-bond donors (Lipinski definition) is 1. The molecule has 3 aliphatic heterocycles. The van der Waals surface area contributed by atoms with Crippen LogP contribution in [0.25, 0.3) is 0 Å². The number of rotatable bonds is 0. The Morgan fingerprint density at radius 2 is 1.74 bits per heavy atom. The van der Waals surface area contributed by atoms with E-state index < -0.39 is 6.10 Å². The molecule has 3 heterocycles. The van der Waals surface area contributed by atoms with Crippen LogP contribution >= 0.6 is 0 Å². The summed E-state index contributed by atoms with van der Waals surface area (Å²) in [4.78, 5) is 14.9. The van der Waals surface area contributed by atoms with Crippen molar-refractivity contribution in [3.05, 3.63) is 46.5 Å². The second kappa shape index (κ2) is 5.07. The molecule has 7 heteroatoms. The van der Waals surface area contributed by atoms with E-state index in [2.05, 4.69) is 0 Å². The van der Waals surface area contributed by atoms with Gasteiger partial charge in [-0.1, -0.05) is 6.07 Å². The van der Waals surface area contributed by atoms with Crippen molar-refractivity contribution in [2.24, 2.45) is 0 Å². The van der Waals surface area contributed by atoms with Crippen molar-refractivity contribution in [1.82, 2.24) is 4.90 Å². The third-order valence-corrected chi connectivity index (χ3v) is 6.02. The number of amides is 1. The van der Waals surface area contributed by atoms with Gasteiger partial charge in [0, 0.05) is 13.0 Å². The van der Waals surface area contributed by atoms with E-state index in [1.54, 1.807) is 11.9 Å². The number of aliphatic hydroxyl groups excluding tert-OH is 1. The van der Waals surface area contributed by atoms with Crippen LogP contribution in [-0.4, -0.2) is 42.7 Å². The lowest BCUT2D eigenvalue weighted by Gasteiger charge is -2.46. The Morgan fingerprint density at radius 3 is 2.59 bits per heavy atom. The van der Waals surface area contributed by atoms with E-state index in [1.807, 2.05) is 24.3 Å². The SMILES string of the molecule is CN1C(=O)c2c(ccc3c2OCO3)[C@@H]2[C@@H](O)Cc3cc4c(cc3[C@@H]21)OCO4. The van der Waals surface area contributed by atoms with E-state index in [0.29, 0.717) is 35.0 Å². The van der Waals surface area contributed by atoms with E-state index in [-0.39, 0.29) is 31.5 Å². The number of nitrogens with zero attached hydrogens (tertiary/aromatic N) is 1. The number of likely N-dealkylation sites (N-methyl/N-ethyl adjacent to an activating group) is 1. The highest BCUT2D eigenvalue weighted by atomic mass is 16.7. The fraction of sp³-hybridized carbons (Fsp3) is 0.350. The van der Waals surface area contributed by atoms with Gasteiger partial charge in [-0.3, -0.25) is 4.79 Å². The molecule has 0 saturated heterocycles. The second-order valence-electron chi connectivity index (χ2n) is 7.33. The number of hydrogen-bond acceptors (Lipinski definition) is 6. The minimum Gasteiger partial charge on any atom is -0.454 e. The summed E-state index contributed by atoms with van der Waals surface area (Å²) >= 11 is 0. The topological polar surface area (TPSA) is 77.5 Å². The molecule has 1 aliphatic carbocycles. The first-order valence-electron chi connectivity index (χ1n) is 8.93. The summed E-state index contributed by atoms with van der Waals surface area (Å²) in [6.07, 6.45) is -0.138. The molecule has 7 nitrogen and oxygen atoms in total. The first kappa shape index (κ1) is 15.2. The molecule has 4 aliphatic rings. The summed E-state index contributed by atoms with van der Waals surface area (Å²) in [6.45, 7) is 0.293. The minimum absolute atomic E-state index is 0.103. The summed E-state index contributed by atoms with van der Waals surface area (Å²) in [5.74, 6) is 2.04. The molecule has 0 aromatic heterocycles. The summed E-state index contributed by atoms with van der Waals surface area (Å²) in [6, 6.07) is 7.29. The molecule has 0 fully saturated rings. The van der Waals surface area contributed by atoms with Gasteiger partial charge in [0.1, 0.15) is 0 Å². The average molecular weight is 367 g/mol. The average Bonchev–Trinajstić information content (AvgIpc) is 3.31. The Hall–Kier alpha value is -2.93. The van der Waals surface area contributed by atoms with E-state index in [0.717, 1.165) is 16.7 Å². The monoisotopic (exact) mass is 367 g/mol. The van der Waals surface area contributed by atoms with Gasteiger partial charge in [-0.05, 0) is 41.3 Å². The van der Waals surface area contributed by atoms with Gasteiger partial charge >= 0.3 is 0 Å². The van der Waals surface area contributed by atoms with Gasteiger partial charge in [0.05, 0.1) is 17.7 Å². The number of benzene rings is 2. The van der Waals surface area contributed by atoms with Crippen molar-refractivity contribution in [1.29, 1.82) is 0 Å². The Labute approximate surface area is 155 Å². The predicted octanol–water partition coefficient (Wildman–Crippen LogP) is 1.97. The van der Waals surface area contributed by atoms with Crippen LogP contribution in [0.3, 0.4) is 0 Å². The minimum atomic E-state index is -0.627. The van der Waals surface area contributed by atoms with Crippen LogP contribution in [0, 0.1) is 0 Å². The predicted molar refractivity (Wildman–Crippen MR) is 92.4 cm³/mol. The second-order valence-corrected chi connectivity index (χ2v) is 7.33. The van der Waals surface area contributed by atoms with Crippen LogP contribution in [0.2, 0.25) is 0 Å². The molecule has 0 spiro atoms. The van der Waals surface area contributed by atoms with Gasteiger partial charge in [-0.2, -0.15) is 0 Å². The maximum absolute atomic E-state index is 13.2. The smallest absolute Gasteiger partial charge is 0.258 e. The molecule has 1 amide bonds. The zero-order chi connectivity index (χ0) is 18.3. The van der Waals surface area contributed by atoms with Crippen LogP contribution < -0.4 is 18.9 Å². The van der Waals surface area contributed by atoms with E-state index in [9.17, 15) is 9.90 Å². The van der Waals surface area contributed by atoms with Gasteiger partial charge in [-0.25, -0.2) is 0 Å². The molecular weight excluding hydrogens is 350 g/mol. The van der Waals surface area contributed by atoms with Gasteiger partial charge in [0.15, 0.2) is 23.0 Å². The summed E-state index contributed by atoms with van der Waals surface area (Å²) in [7, 11) is 1.77. The van der Waals surface area contributed by atoms with Crippen LogP contribution in [0.15, 0.2) is 24.3 Å². The largest absolute Gasteiger partial charge is 0.454 e. The highest BCUT2D eigenvalue weighted by Crippen LogP contribution is 2.54. The molecule has 3 atom stereocenters. The molecule has 2 aromatic rings. The number of aliphatic hydroxyl groups is 1. The zero-order valence-corrected chi connectivity index (χ0v) is 14.6. The van der Waals surface area contributed by atoms with Crippen molar-refractivity contribution in [3.8, 4) is 23.0 Å². The maximum Gasteiger partial charge on any atom is 0.258 e. The van der Waals surface area contributed by atoms with E-state index in [1.165, 1.54) is 0 Å². The molecule has 2 aromatic carbocycles. The lowest BCUT2D eigenvalue weighted by Crippen LogP contribution is -2.47. The molecule has 138 valence electrons. The highest BCUT2D eigenvalue weighted by Gasteiger charge is 2.48. The fourth-order valence-electron chi connectivity index (χ4n) is 4.82. The van der Waals surface area contributed by atoms with Crippen molar-refractivity contribution in [2.45, 2.75) is 24.5 Å². The molecule has 6 rings (SSSR count).